The smallest absolute Gasteiger partial charge is 0.152 e. The molecule has 1 N–H and O–H groups in total. The van der Waals surface area contributed by atoms with E-state index in [1.165, 1.54) is 5.56 Å². The number of sulfone groups is 1. The summed E-state index contributed by atoms with van der Waals surface area (Å²) in [5.74, 6) is 0.569. The second-order valence-electron chi connectivity index (χ2n) is 6.72. The molecule has 0 bridgehead atoms. The summed E-state index contributed by atoms with van der Waals surface area (Å²) in [6, 6.07) is 8.28. The van der Waals surface area contributed by atoms with E-state index < -0.39 is 9.84 Å². The number of rotatable bonds is 3. The molecule has 1 saturated heterocycles. The second kappa shape index (κ2) is 6.36. The maximum Gasteiger partial charge on any atom is 0.152 e. The highest BCUT2D eigenvalue weighted by atomic mass is 32.2. The van der Waals surface area contributed by atoms with Crippen molar-refractivity contribution in [3.63, 3.8) is 0 Å². The van der Waals surface area contributed by atoms with Crippen LogP contribution in [0, 0.1) is 0 Å². The van der Waals surface area contributed by atoms with Gasteiger partial charge in [-0.05, 0) is 38.8 Å². The Morgan fingerprint density at radius 3 is 2.57 bits per heavy atom. The fraction of sp³-hybridized carbons (Fsp3) is 0.625. The largest absolute Gasteiger partial charge is 0.370 e. The summed E-state index contributed by atoms with van der Waals surface area (Å²) in [5, 5.41) is 3.50. The molecule has 0 saturated carbocycles. The average Bonchev–Trinajstić information content (AvgIpc) is 2.57. The van der Waals surface area contributed by atoms with E-state index in [0.29, 0.717) is 18.7 Å². The lowest BCUT2D eigenvalue weighted by atomic mass is 10.1. The summed E-state index contributed by atoms with van der Waals surface area (Å²) in [6.45, 7) is 8.64. The molecule has 1 aliphatic rings. The van der Waals surface area contributed by atoms with Crippen molar-refractivity contribution in [1.29, 1.82) is 0 Å². The zero-order valence-corrected chi connectivity index (χ0v) is 14.0. The van der Waals surface area contributed by atoms with Gasteiger partial charge in [-0.25, -0.2) is 8.42 Å². The molecule has 4 nitrogen and oxygen atoms in total. The zero-order chi connectivity index (χ0) is 15.5. The normalized spacial score (nSPS) is 19.3. The maximum atomic E-state index is 11.8. The lowest BCUT2D eigenvalue weighted by Crippen LogP contribution is -2.36. The molecule has 1 heterocycles. The van der Waals surface area contributed by atoms with Crippen molar-refractivity contribution in [1.82, 2.24) is 5.32 Å². The van der Waals surface area contributed by atoms with E-state index in [0.717, 1.165) is 18.8 Å². The summed E-state index contributed by atoms with van der Waals surface area (Å²) in [4.78, 5) is 2.21. The van der Waals surface area contributed by atoms with Crippen LogP contribution < -0.4 is 10.2 Å². The minimum Gasteiger partial charge on any atom is -0.370 e. The van der Waals surface area contributed by atoms with E-state index in [4.69, 9.17) is 0 Å². The van der Waals surface area contributed by atoms with Crippen LogP contribution in [0.15, 0.2) is 24.3 Å². The average molecular weight is 310 g/mol. The minimum atomic E-state index is -2.87. The molecule has 1 fully saturated rings. The van der Waals surface area contributed by atoms with Gasteiger partial charge in [-0.1, -0.05) is 18.2 Å². The van der Waals surface area contributed by atoms with Gasteiger partial charge >= 0.3 is 0 Å². The Balaban J connectivity index is 2.15. The van der Waals surface area contributed by atoms with Crippen molar-refractivity contribution in [2.45, 2.75) is 39.3 Å². The van der Waals surface area contributed by atoms with Gasteiger partial charge < -0.3 is 10.2 Å². The van der Waals surface area contributed by atoms with Gasteiger partial charge in [-0.3, -0.25) is 0 Å². The van der Waals surface area contributed by atoms with Crippen molar-refractivity contribution >= 4 is 15.5 Å². The second-order valence-corrected chi connectivity index (χ2v) is 9.03. The van der Waals surface area contributed by atoms with E-state index in [9.17, 15) is 8.42 Å². The number of anilines is 1. The van der Waals surface area contributed by atoms with Gasteiger partial charge in [0, 0.05) is 30.9 Å². The number of benzene rings is 1. The third-order valence-electron chi connectivity index (χ3n) is 3.70. The van der Waals surface area contributed by atoms with Crippen LogP contribution in [0.4, 0.5) is 5.69 Å². The van der Waals surface area contributed by atoms with Gasteiger partial charge in [-0.2, -0.15) is 0 Å². The molecule has 0 radical (unpaired) electrons. The fourth-order valence-electron chi connectivity index (χ4n) is 2.51. The molecule has 1 aliphatic heterocycles. The molecule has 2 rings (SSSR count). The zero-order valence-electron chi connectivity index (χ0n) is 13.2. The molecule has 0 amide bonds. The van der Waals surface area contributed by atoms with Crippen molar-refractivity contribution in [3.8, 4) is 0 Å². The molecule has 0 aliphatic carbocycles. The Bertz CT molecular complexity index is 576. The number of hydrogen-bond donors (Lipinski definition) is 1. The molecular formula is C16H26N2O2S. The molecule has 0 unspecified atom stereocenters. The van der Waals surface area contributed by atoms with Crippen molar-refractivity contribution in [2.75, 3.05) is 29.5 Å². The predicted octanol–water partition coefficient (Wildman–Crippen LogP) is 2.20. The number of para-hydroxylation sites is 1. The molecule has 5 heteroatoms. The topological polar surface area (TPSA) is 49.4 Å². The number of nitrogens with zero attached hydrogens (tertiary/aromatic N) is 1. The third kappa shape index (κ3) is 5.00. The molecule has 0 spiro atoms. The molecule has 0 atom stereocenters. The van der Waals surface area contributed by atoms with Crippen LogP contribution in [0.1, 0.15) is 32.8 Å². The lowest BCUT2D eigenvalue weighted by Gasteiger charge is -2.27. The van der Waals surface area contributed by atoms with E-state index >= 15 is 0 Å². The first kappa shape index (κ1) is 16.3. The van der Waals surface area contributed by atoms with E-state index in [2.05, 4.69) is 43.1 Å². The Kier molecular flexibility index (Phi) is 4.94. The molecule has 0 aromatic heterocycles. The Morgan fingerprint density at radius 2 is 1.86 bits per heavy atom. The van der Waals surface area contributed by atoms with Crippen LogP contribution in [0.5, 0.6) is 0 Å². The van der Waals surface area contributed by atoms with Gasteiger partial charge in [0.2, 0.25) is 0 Å². The van der Waals surface area contributed by atoms with Crippen molar-refractivity contribution < 1.29 is 8.42 Å². The number of hydrogen-bond acceptors (Lipinski definition) is 4. The quantitative estimate of drug-likeness (QED) is 0.930. The van der Waals surface area contributed by atoms with E-state index in [-0.39, 0.29) is 11.3 Å². The van der Waals surface area contributed by atoms with Crippen LogP contribution in [-0.4, -0.2) is 38.6 Å². The third-order valence-corrected chi connectivity index (χ3v) is 5.41. The van der Waals surface area contributed by atoms with Crippen LogP contribution >= 0.6 is 0 Å². The molecule has 1 aromatic rings. The molecule has 1 aromatic carbocycles. The lowest BCUT2D eigenvalue weighted by molar-refractivity contribution is 0.424. The first-order valence-electron chi connectivity index (χ1n) is 7.55. The summed E-state index contributed by atoms with van der Waals surface area (Å²) in [7, 11) is -2.87. The Labute approximate surface area is 128 Å². The van der Waals surface area contributed by atoms with Crippen LogP contribution in [-0.2, 0) is 16.4 Å². The van der Waals surface area contributed by atoms with Crippen molar-refractivity contribution in [3.05, 3.63) is 29.8 Å². The standard InChI is InChI=1S/C16H26N2O2S/c1-16(2,3)17-13-14-7-4-5-8-15(14)18-9-6-11-21(19,20)12-10-18/h4-5,7-8,17H,6,9-13H2,1-3H3. The van der Waals surface area contributed by atoms with Gasteiger partial charge in [-0.15, -0.1) is 0 Å². The molecule has 118 valence electrons. The maximum absolute atomic E-state index is 11.8. The summed E-state index contributed by atoms with van der Waals surface area (Å²) >= 11 is 0. The van der Waals surface area contributed by atoms with E-state index in [1.807, 2.05) is 12.1 Å². The fourth-order valence-corrected chi connectivity index (χ4v) is 3.78. The Morgan fingerprint density at radius 1 is 1.14 bits per heavy atom. The monoisotopic (exact) mass is 310 g/mol. The van der Waals surface area contributed by atoms with Crippen molar-refractivity contribution in [2.24, 2.45) is 0 Å². The van der Waals surface area contributed by atoms with Crippen LogP contribution in [0.2, 0.25) is 0 Å². The highest BCUT2D eigenvalue weighted by Crippen LogP contribution is 2.23. The van der Waals surface area contributed by atoms with Gasteiger partial charge in [0.1, 0.15) is 0 Å². The molecule has 21 heavy (non-hydrogen) atoms. The highest BCUT2D eigenvalue weighted by Gasteiger charge is 2.21. The van der Waals surface area contributed by atoms with Crippen LogP contribution in [0.25, 0.3) is 0 Å². The molecular weight excluding hydrogens is 284 g/mol. The minimum absolute atomic E-state index is 0.0647. The summed E-state index contributed by atoms with van der Waals surface area (Å²) in [5.41, 5.74) is 2.45. The van der Waals surface area contributed by atoms with Crippen LogP contribution in [0.3, 0.4) is 0 Å². The first-order valence-corrected chi connectivity index (χ1v) is 9.37. The van der Waals surface area contributed by atoms with Gasteiger partial charge in [0.15, 0.2) is 9.84 Å². The van der Waals surface area contributed by atoms with Gasteiger partial charge in [0.05, 0.1) is 11.5 Å². The summed E-state index contributed by atoms with van der Waals surface area (Å²) in [6.07, 6.45) is 0.712. The first-order chi connectivity index (χ1) is 9.77. The SMILES string of the molecule is CC(C)(C)NCc1ccccc1N1CCCS(=O)(=O)CC1. The van der Waals surface area contributed by atoms with E-state index in [1.54, 1.807) is 0 Å². The predicted molar refractivity (Wildman–Crippen MR) is 88.5 cm³/mol. The number of nitrogens with one attached hydrogen (secondary N) is 1. The van der Waals surface area contributed by atoms with Gasteiger partial charge in [0.25, 0.3) is 0 Å². The summed E-state index contributed by atoms with van der Waals surface area (Å²) < 4.78 is 23.5. The Hall–Kier alpha value is -1.07. The highest BCUT2D eigenvalue weighted by molar-refractivity contribution is 7.91.